The maximum Gasteiger partial charge on any atom is 0.333 e. The number of hydrogen-bond donors (Lipinski definition) is 7. The molecule has 0 aliphatic heterocycles. The molecular formula is C15H20O14. The van der Waals surface area contributed by atoms with Gasteiger partial charge in [0.15, 0.2) is 0 Å². The first-order chi connectivity index (χ1) is 13.1. The molecule has 0 rings (SSSR count). The molecule has 7 N–H and O–H groups in total. The molecule has 1 atom stereocenters. The largest absolute Gasteiger partial charge is 0.481 e. The van der Waals surface area contributed by atoms with Crippen molar-refractivity contribution in [2.24, 2.45) is 16.7 Å². The summed E-state index contributed by atoms with van der Waals surface area (Å²) in [5.41, 5.74) is -6.06. The lowest BCUT2D eigenvalue weighted by atomic mass is 9.74. The van der Waals surface area contributed by atoms with E-state index in [4.69, 9.17) is 35.7 Å². The van der Waals surface area contributed by atoms with Gasteiger partial charge in [-0.2, -0.15) is 0 Å². The summed E-state index contributed by atoms with van der Waals surface area (Å²) in [7, 11) is 0. The van der Waals surface area contributed by atoms with Crippen LogP contribution in [0.3, 0.4) is 0 Å². The van der Waals surface area contributed by atoms with E-state index in [0.717, 1.165) is 0 Å². The molecule has 0 radical (unpaired) electrons. The number of carboxylic acids is 7. The van der Waals surface area contributed by atoms with E-state index in [1.54, 1.807) is 0 Å². The highest BCUT2D eigenvalue weighted by atomic mass is 16.4. The van der Waals surface area contributed by atoms with Crippen molar-refractivity contribution >= 4 is 41.8 Å². The molecule has 0 spiro atoms. The Labute approximate surface area is 162 Å². The second kappa shape index (κ2) is 10.6. The molecule has 0 aromatic carbocycles. The SMILES string of the molecule is CCC(C(=O)O)C(C(=O)O)(C(=O)O)C(=O)O.CCCC(C(=O)O)(C(=O)O)C(=O)O. The number of rotatable bonds is 11. The zero-order chi connectivity index (χ0) is 23.7. The van der Waals surface area contributed by atoms with Gasteiger partial charge in [0.05, 0.1) is 5.92 Å². The summed E-state index contributed by atoms with van der Waals surface area (Å²) in [6, 6.07) is 0. The summed E-state index contributed by atoms with van der Waals surface area (Å²) >= 11 is 0. The molecule has 0 aromatic heterocycles. The van der Waals surface area contributed by atoms with E-state index in [1.165, 1.54) is 13.8 Å². The first-order valence-corrected chi connectivity index (χ1v) is 7.75. The zero-order valence-electron chi connectivity index (χ0n) is 15.2. The lowest BCUT2D eigenvalue weighted by Gasteiger charge is -2.25. The smallest absolute Gasteiger partial charge is 0.333 e. The van der Waals surface area contributed by atoms with Crippen LogP contribution in [-0.2, 0) is 33.6 Å². The summed E-state index contributed by atoms with van der Waals surface area (Å²) in [5, 5.41) is 60.3. The fourth-order valence-corrected chi connectivity index (χ4v) is 2.36. The van der Waals surface area contributed by atoms with Crippen LogP contribution >= 0.6 is 0 Å². The fraction of sp³-hybridized carbons (Fsp3) is 0.533. The summed E-state index contributed by atoms with van der Waals surface area (Å²) in [6.45, 7) is 2.71. The van der Waals surface area contributed by atoms with Crippen molar-refractivity contribution < 1.29 is 69.3 Å². The van der Waals surface area contributed by atoms with Crippen molar-refractivity contribution in [3.05, 3.63) is 0 Å². The van der Waals surface area contributed by atoms with Crippen LogP contribution in [0.1, 0.15) is 33.1 Å². The molecule has 0 aliphatic carbocycles. The van der Waals surface area contributed by atoms with Gasteiger partial charge >= 0.3 is 41.8 Å². The Morgan fingerprint density at radius 3 is 1.00 bits per heavy atom. The van der Waals surface area contributed by atoms with E-state index in [-0.39, 0.29) is 6.42 Å². The van der Waals surface area contributed by atoms with Gasteiger partial charge in [-0.15, -0.1) is 0 Å². The summed E-state index contributed by atoms with van der Waals surface area (Å²) in [6.07, 6.45) is -0.682. The van der Waals surface area contributed by atoms with Crippen LogP contribution in [-0.4, -0.2) is 77.5 Å². The van der Waals surface area contributed by atoms with Gasteiger partial charge in [0.1, 0.15) is 0 Å². The molecule has 0 saturated heterocycles. The highest BCUT2D eigenvalue weighted by Gasteiger charge is 2.62. The standard InChI is InChI=1S/C8H10O8.C7H10O6/c1-2-3(4(9)10)8(5(11)12,6(13)14)7(15)16;1-2-3-7(4(8)9,5(10)11)6(12)13/h3H,2H2,1H3,(H,9,10)(H,11,12)(H,13,14)(H,15,16);2-3H2,1H3,(H,8,9)(H,10,11)(H,12,13). The third-order valence-electron chi connectivity index (χ3n) is 3.96. The van der Waals surface area contributed by atoms with E-state index in [1.807, 2.05) is 0 Å². The van der Waals surface area contributed by atoms with Crippen LogP contribution < -0.4 is 0 Å². The molecule has 0 fully saturated rings. The maximum absolute atomic E-state index is 10.8. The van der Waals surface area contributed by atoms with Gasteiger partial charge in [-0.3, -0.25) is 33.6 Å². The average molecular weight is 424 g/mol. The predicted octanol–water partition coefficient (Wildman–Crippen LogP) is -0.636. The summed E-state index contributed by atoms with van der Waals surface area (Å²) in [4.78, 5) is 74.7. The second-order valence-electron chi connectivity index (χ2n) is 5.59. The predicted molar refractivity (Wildman–Crippen MR) is 87.0 cm³/mol. The van der Waals surface area contributed by atoms with Crippen molar-refractivity contribution in [3.63, 3.8) is 0 Å². The molecule has 0 bridgehead atoms. The van der Waals surface area contributed by atoms with Crippen LogP contribution in [0.4, 0.5) is 0 Å². The molecule has 14 heteroatoms. The summed E-state index contributed by atoms with van der Waals surface area (Å²) in [5.74, 6) is -16.0. The second-order valence-corrected chi connectivity index (χ2v) is 5.59. The van der Waals surface area contributed by atoms with E-state index in [0.29, 0.717) is 0 Å². The molecule has 164 valence electrons. The van der Waals surface area contributed by atoms with Crippen LogP contribution in [0.2, 0.25) is 0 Å². The van der Waals surface area contributed by atoms with E-state index in [2.05, 4.69) is 0 Å². The number of carbonyl (C=O) groups is 7. The Hall–Kier alpha value is -3.71. The highest BCUT2D eigenvalue weighted by Crippen LogP contribution is 2.32. The van der Waals surface area contributed by atoms with Gasteiger partial charge in [0, 0.05) is 0 Å². The van der Waals surface area contributed by atoms with Gasteiger partial charge in [0.25, 0.3) is 10.8 Å². The minimum atomic E-state index is -3.36. The first-order valence-electron chi connectivity index (χ1n) is 7.75. The number of hydrogen-bond acceptors (Lipinski definition) is 7. The Morgan fingerprint density at radius 2 is 0.931 bits per heavy atom. The van der Waals surface area contributed by atoms with Gasteiger partial charge < -0.3 is 35.7 Å². The molecule has 1 unspecified atom stereocenters. The number of aliphatic carboxylic acids is 7. The molecule has 0 heterocycles. The van der Waals surface area contributed by atoms with Crippen molar-refractivity contribution in [2.75, 3.05) is 0 Å². The minimum Gasteiger partial charge on any atom is -0.481 e. The van der Waals surface area contributed by atoms with Crippen LogP contribution in [0.25, 0.3) is 0 Å². The van der Waals surface area contributed by atoms with Gasteiger partial charge in [0.2, 0.25) is 0 Å². The Kier molecular flexibility index (Phi) is 10.0. The minimum absolute atomic E-state index is 0.172. The molecule has 0 aromatic rings. The highest BCUT2D eigenvalue weighted by molar-refractivity contribution is 6.19. The van der Waals surface area contributed by atoms with Gasteiger partial charge in [-0.25, -0.2) is 0 Å². The van der Waals surface area contributed by atoms with Crippen LogP contribution in [0.5, 0.6) is 0 Å². The topological polar surface area (TPSA) is 261 Å². The Balaban J connectivity index is 0. The summed E-state index contributed by atoms with van der Waals surface area (Å²) < 4.78 is 0. The maximum atomic E-state index is 10.8. The van der Waals surface area contributed by atoms with Crippen LogP contribution in [0, 0.1) is 16.7 Å². The first kappa shape index (κ1) is 27.5. The van der Waals surface area contributed by atoms with Gasteiger partial charge in [-0.05, 0) is 12.8 Å². The van der Waals surface area contributed by atoms with Gasteiger partial charge in [-0.1, -0.05) is 20.3 Å². The Bertz CT molecular complexity index is 634. The van der Waals surface area contributed by atoms with Crippen molar-refractivity contribution in [1.29, 1.82) is 0 Å². The molecule has 0 aliphatic rings. The van der Waals surface area contributed by atoms with Crippen LogP contribution in [0.15, 0.2) is 0 Å². The third-order valence-corrected chi connectivity index (χ3v) is 3.96. The quantitative estimate of drug-likeness (QED) is 0.203. The normalized spacial score (nSPS) is 11.9. The zero-order valence-corrected chi connectivity index (χ0v) is 15.2. The molecule has 0 amide bonds. The van der Waals surface area contributed by atoms with Crippen molar-refractivity contribution in [3.8, 4) is 0 Å². The van der Waals surface area contributed by atoms with E-state index in [9.17, 15) is 33.6 Å². The molecule has 0 saturated carbocycles. The monoisotopic (exact) mass is 424 g/mol. The number of carboxylic acid groups (broad SMARTS) is 7. The van der Waals surface area contributed by atoms with Crippen molar-refractivity contribution in [1.82, 2.24) is 0 Å². The molecule has 14 nitrogen and oxygen atoms in total. The van der Waals surface area contributed by atoms with E-state index < -0.39 is 71.4 Å². The Morgan fingerprint density at radius 1 is 0.621 bits per heavy atom. The lowest BCUT2D eigenvalue weighted by molar-refractivity contribution is -0.186. The fourth-order valence-electron chi connectivity index (χ4n) is 2.36. The van der Waals surface area contributed by atoms with Crippen molar-refractivity contribution in [2.45, 2.75) is 33.1 Å². The molecule has 29 heavy (non-hydrogen) atoms. The van der Waals surface area contributed by atoms with E-state index >= 15 is 0 Å². The third kappa shape index (κ3) is 5.18. The molecular weight excluding hydrogens is 404 g/mol. The lowest BCUT2D eigenvalue weighted by Crippen LogP contribution is -2.54. The average Bonchev–Trinajstić information content (AvgIpc) is 2.55.